The lowest BCUT2D eigenvalue weighted by molar-refractivity contribution is -0.154. The molecular formula is C12H23NO3. The largest absolute Gasteiger partial charge is 0.459 e. The zero-order valence-corrected chi connectivity index (χ0v) is 10.5. The molecule has 0 saturated carbocycles. The normalized spacial score (nSPS) is 11.9. The molecule has 4 nitrogen and oxygen atoms in total. The molecule has 1 atom stereocenters. The van der Waals surface area contributed by atoms with Gasteiger partial charge >= 0.3 is 11.9 Å². The topological polar surface area (TPSA) is 55.4 Å². The van der Waals surface area contributed by atoms with E-state index < -0.39 is 11.9 Å². The molecule has 0 rings (SSSR count). The van der Waals surface area contributed by atoms with Gasteiger partial charge in [0.2, 0.25) is 0 Å². The van der Waals surface area contributed by atoms with Crippen molar-refractivity contribution in [2.45, 2.75) is 46.5 Å². The fourth-order valence-electron chi connectivity index (χ4n) is 1.45. The van der Waals surface area contributed by atoms with E-state index in [0.29, 0.717) is 12.5 Å². The van der Waals surface area contributed by atoms with Gasteiger partial charge in [-0.3, -0.25) is 4.79 Å². The molecule has 16 heavy (non-hydrogen) atoms. The first kappa shape index (κ1) is 14.9. The highest BCUT2D eigenvalue weighted by Crippen LogP contribution is 2.10. The Kier molecular flexibility index (Phi) is 8.58. The van der Waals surface area contributed by atoms with Crippen molar-refractivity contribution in [2.24, 2.45) is 5.92 Å². The molecule has 94 valence electrons. The number of unbranched alkanes of at least 4 members (excludes halogenated alkanes) is 1. The predicted octanol–water partition coefficient (Wildman–Crippen LogP) is 1.88. The van der Waals surface area contributed by atoms with Gasteiger partial charge in [0, 0.05) is 6.54 Å². The third-order valence-corrected chi connectivity index (χ3v) is 2.56. The molecule has 0 aliphatic heterocycles. The number of carbonyl (C=O) groups excluding carboxylic acids is 2. The van der Waals surface area contributed by atoms with E-state index in [1.807, 2.05) is 0 Å². The van der Waals surface area contributed by atoms with Crippen molar-refractivity contribution in [2.75, 3.05) is 13.2 Å². The first-order valence-electron chi connectivity index (χ1n) is 6.10. The summed E-state index contributed by atoms with van der Waals surface area (Å²) in [7, 11) is 0. The van der Waals surface area contributed by atoms with Crippen LogP contribution in [0.25, 0.3) is 0 Å². The van der Waals surface area contributed by atoms with E-state index in [1.54, 1.807) is 6.92 Å². The molecule has 0 heterocycles. The molecule has 0 saturated heterocycles. The molecule has 0 fully saturated rings. The molecule has 0 bridgehead atoms. The highest BCUT2D eigenvalue weighted by molar-refractivity contribution is 6.32. The third-order valence-electron chi connectivity index (χ3n) is 2.56. The summed E-state index contributed by atoms with van der Waals surface area (Å²) in [6.45, 7) is 6.72. The predicted molar refractivity (Wildman–Crippen MR) is 62.9 cm³/mol. The molecule has 4 heteroatoms. The van der Waals surface area contributed by atoms with Crippen LogP contribution in [-0.4, -0.2) is 25.0 Å². The van der Waals surface area contributed by atoms with Crippen molar-refractivity contribution in [3.05, 3.63) is 0 Å². The summed E-state index contributed by atoms with van der Waals surface area (Å²) >= 11 is 0. The summed E-state index contributed by atoms with van der Waals surface area (Å²) in [4.78, 5) is 22.3. The Balaban J connectivity index is 3.82. The van der Waals surface area contributed by atoms with Crippen molar-refractivity contribution in [3.63, 3.8) is 0 Å². The van der Waals surface area contributed by atoms with E-state index in [9.17, 15) is 9.59 Å². The van der Waals surface area contributed by atoms with Gasteiger partial charge in [-0.15, -0.1) is 0 Å². The summed E-state index contributed by atoms with van der Waals surface area (Å²) in [6.07, 6.45) is 4.43. The number of carbonyl (C=O) groups is 2. The van der Waals surface area contributed by atoms with Crippen LogP contribution in [0, 0.1) is 5.92 Å². The maximum absolute atomic E-state index is 11.2. The molecule has 1 amide bonds. The van der Waals surface area contributed by atoms with Crippen LogP contribution in [0.15, 0.2) is 0 Å². The Labute approximate surface area is 97.7 Å². The van der Waals surface area contributed by atoms with Gasteiger partial charge in [-0.1, -0.05) is 33.1 Å². The summed E-state index contributed by atoms with van der Waals surface area (Å²) in [5.74, 6) is -0.956. The average Bonchev–Trinajstić information content (AvgIpc) is 2.29. The monoisotopic (exact) mass is 229 g/mol. The quantitative estimate of drug-likeness (QED) is 0.535. The number of ether oxygens (including phenoxy) is 1. The van der Waals surface area contributed by atoms with Crippen LogP contribution >= 0.6 is 0 Å². The second-order valence-corrected chi connectivity index (χ2v) is 3.85. The first-order chi connectivity index (χ1) is 7.65. The molecule has 0 aromatic carbocycles. The Hall–Kier alpha value is -1.06. The van der Waals surface area contributed by atoms with Crippen LogP contribution in [0.4, 0.5) is 0 Å². The van der Waals surface area contributed by atoms with E-state index in [2.05, 4.69) is 23.9 Å². The Bertz CT molecular complexity index is 216. The van der Waals surface area contributed by atoms with Crippen molar-refractivity contribution < 1.29 is 14.3 Å². The Morgan fingerprint density at radius 1 is 1.25 bits per heavy atom. The molecule has 0 radical (unpaired) electrons. The van der Waals surface area contributed by atoms with Gasteiger partial charge in [0.05, 0.1) is 6.61 Å². The zero-order chi connectivity index (χ0) is 12.4. The lowest BCUT2D eigenvalue weighted by Crippen LogP contribution is -2.35. The van der Waals surface area contributed by atoms with Gasteiger partial charge in [0.25, 0.3) is 0 Å². The first-order valence-corrected chi connectivity index (χ1v) is 6.10. The second kappa shape index (κ2) is 9.19. The summed E-state index contributed by atoms with van der Waals surface area (Å²) in [5, 5.41) is 2.61. The summed E-state index contributed by atoms with van der Waals surface area (Å²) in [5.41, 5.74) is 0. The van der Waals surface area contributed by atoms with Gasteiger partial charge in [-0.25, -0.2) is 4.79 Å². The van der Waals surface area contributed by atoms with Crippen LogP contribution in [0.3, 0.4) is 0 Å². The molecule has 1 N–H and O–H groups in total. The molecule has 0 aromatic heterocycles. The highest BCUT2D eigenvalue weighted by Gasteiger charge is 2.15. The fourth-order valence-corrected chi connectivity index (χ4v) is 1.45. The van der Waals surface area contributed by atoms with E-state index in [-0.39, 0.29) is 6.61 Å². The van der Waals surface area contributed by atoms with E-state index >= 15 is 0 Å². The minimum Gasteiger partial charge on any atom is -0.459 e. The van der Waals surface area contributed by atoms with E-state index in [0.717, 1.165) is 25.7 Å². The SMILES string of the molecule is CCCC[C@H](CC)CNC(=O)C(=O)OCC. The number of hydrogen-bond donors (Lipinski definition) is 1. The van der Waals surface area contributed by atoms with Gasteiger partial charge in [-0.2, -0.15) is 0 Å². The second-order valence-electron chi connectivity index (χ2n) is 3.85. The van der Waals surface area contributed by atoms with Crippen LogP contribution in [0.2, 0.25) is 0 Å². The number of rotatable bonds is 7. The van der Waals surface area contributed by atoms with E-state index in [4.69, 9.17) is 0 Å². The van der Waals surface area contributed by atoms with E-state index in [1.165, 1.54) is 0 Å². The lowest BCUT2D eigenvalue weighted by atomic mass is 9.99. The maximum Gasteiger partial charge on any atom is 0.396 e. The smallest absolute Gasteiger partial charge is 0.396 e. The minimum atomic E-state index is -0.784. The molecule has 0 aliphatic rings. The van der Waals surface area contributed by atoms with Crippen LogP contribution in [-0.2, 0) is 14.3 Å². The minimum absolute atomic E-state index is 0.235. The maximum atomic E-state index is 11.2. The van der Waals surface area contributed by atoms with Crippen LogP contribution < -0.4 is 5.32 Å². The average molecular weight is 229 g/mol. The highest BCUT2D eigenvalue weighted by atomic mass is 16.5. The molecule has 0 aromatic rings. The van der Waals surface area contributed by atoms with Gasteiger partial charge in [0.1, 0.15) is 0 Å². The van der Waals surface area contributed by atoms with Crippen LogP contribution in [0.1, 0.15) is 46.5 Å². The third kappa shape index (κ3) is 6.43. The van der Waals surface area contributed by atoms with Gasteiger partial charge in [0.15, 0.2) is 0 Å². The van der Waals surface area contributed by atoms with Crippen molar-refractivity contribution in [1.82, 2.24) is 5.32 Å². The van der Waals surface area contributed by atoms with Crippen molar-refractivity contribution in [1.29, 1.82) is 0 Å². The molecule has 0 spiro atoms. The number of nitrogens with one attached hydrogen (secondary N) is 1. The zero-order valence-electron chi connectivity index (χ0n) is 10.5. The fraction of sp³-hybridized carbons (Fsp3) is 0.833. The molecule has 0 unspecified atom stereocenters. The van der Waals surface area contributed by atoms with Crippen molar-refractivity contribution >= 4 is 11.9 Å². The summed E-state index contributed by atoms with van der Waals surface area (Å²) in [6, 6.07) is 0. The Morgan fingerprint density at radius 3 is 2.44 bits per heavy atom. The van der Waals surface area contributed by atoms with Crippen LogP contribution in [0.5, 0.6) is 0 Å². The molecule has 0 aliphatic carbocycles. The van der Waals surface area contributed by atoms with Gasteiger partial charge < -0.3 is 10.1 Å². The standard InChI is InChI=1S/C12H23NO3/c1-4-7-8-10(5-2)9-13-11(14)12(15)16-6-3/h10H,4-9H2,1-3H3,(H,13,14)/t10-/m0/s1. The molecular weight excluding hydrogens is 206 g/mol. The number of esters is 1. The van der Waals surface area contributed by atoms with Crippen molar-refractivity contribution in [3.8, 4) is 0 Å². The lowest BCUT2D eigenvalue weighted by Gasteiger charge is -2.14. The number of hydrogen-bond acceptors (Lipinski definition) is 3. The summed E-state index contributed by atoms with van der Waals surface area (Å²) < 4.78 is 4.60. The Morgan fingerprint density at radius 2 is 1.94 bits per heavy atom. The number of amides is 1. The van der Waals surface area contributed by atoms with Gasteiger partial charge in [-0.05, 0) is 19.3 Å².